The molecule has 4 rings (SSSR count). The summed E-state index contributed by atoms with van der Waals surface area (Å²) in [7, 11) is 2.90. The van der Waals surface area contributed by atoms with Crippen LogP contribution in [0.5, 0.6) is 11.5 Å². The SMILES string of the molecule is COc1ccc(C2OC3(c4ccc(F)cc4)OC(=N)C(C#N)(C3C)C2(C#N)C#N)cc1OC. The number of rotatable bonds is 4. The molecule has 9 heteroatoms. The summed E-state index contributed by atoms with van der Waals surface area (Å²) in [4.78, 5) is 0. The lowest BCUT2D eigenvalue weighted by molar-refractivity contribution is -0.288. The van der Waals surface area contributed by atoms with E-state index in [4.69, 9.17) is 24.4 Å². The lowest BCUT2D eigenvalue weighted by Gasteiger charge is -2.48. The Balaban J connectivity index is 2.02. The highest BCUT2D eigenvalue weighted by Crippen LogP contribution is 2.69. The summed E-state index contributed by atoms with van der Waals surface area (Å²) in [6.45, 7) is 1.59. The molecule has 1 N–H and O–H groups in total. The molecule has 2 bridgehead atoms. The number of benzene rings is 2. The maximum Gasteiger partial charge on any atom is 0.244 e. The van der Waals surface area contributed by atoms with E-state index in [1.807, 2.05) is 12.1 Å². The molecule has 2 heterocycles. The summed E-state index contributed by atoms with van der Waals surface area (Å²) in [6, 6.07) is 16.0. The predicted octanol–water partition coefficient (Wildman–Crippen LogP) is 3.95. The third kappa shape index (κ3) is 2.59. The van der Waals surface area contributed by atoms with E-state index in [0.717, 1.165) is 0 Å². The van der Waals surface area contributed by atoms with Crippen LogP contribution in [0, 0.1) is 62.0 Å². The van der Waals surface area contributed by atoms with Gasteiger partial charge >= 0.3 is 0 Å². The van der Waals surface area contributed by atoms with Gasteiger partial charge in [-0.1, -0.05) is 13.0 Å². The first kappa shape index (κ1) is 22.1. The summed E-state index contributed by atoms with van der Waals surface area (Å²) in [6.07, 6.45) is -1.31. The largest absolute Gasteiger partial charge is 0.493 e. The predicted molar refractivity (Wildman–Crippen MR) is 111 cm³/mol. The summed E-state index contributed by atoms with van der Waals surface area (Å²) < 4.78 is 36.5. The molecule has 2 fully saturated rings. The monoisotopic (exact) mass is 446 g/mol. The summed E-state index contributed by atoms with van der Waals surface area (Å²) in [5.74, 6) is -2.93. The number of nitriles is 3. The second-order valence-electron chi connectivity index (χ2n) is 7.89. The van der Waals surface area contributed by atoms with Crippen LogP contribution in [0.25, 0.3) is 0 Å². The van der Waals surface area contributed by atoms with E-state index in [9.17, 15) is 20.2 Å². The maximum atomic E-state index is 13.6. The van der Waals surface area contributed by atoms with E-state index in [2.05, 4.69) is 6.07 Å². The smallest absolute Gasteiger partial charge is 0.244 e. The molecule has 0 aliphatic carbocycles. The minimum atomic E-state index is -2.13. The number of halogens is 1. The van der Waals surface area contributed by atoms with Gasteiger partial charge in [0.15, 0.2) is 16.9 Å². The summed E-state index contributed by atoms with van der Waals surface area (Å²) >= 11 is 0. The van der Waals surface area contributed by atoms with Crippen LogP contribution >= 0.6 is 0 Å². The second kappa shape index (κ2) is 7.48. The van der Waals surface area contributed by atoms with Gasteiger partial charge < -0.3 is 18.9 Å². The van der Waals surface area contributed by atoms with Gasteiger partial charge in [0.25, 0.3) is 0 Å². The Morgan fingerprint density at radius 1 is 0.970 bits per heavy atom. The van der Waals surface area contributed by atoms with Crippen molar-refractivity contribution in [2.75, 3.05) is 14.2 Å². The minimum absolute atomic E-state index is 0.326. The standard InChI is InChI=1S/C24H19FN4O4/c1-14-23(13-28)21(29)33-24(14,16-5-7-17(25)8-6-16)32-20(22(23,11-26)12-27)15-4-9-18(30-2)19(10-15)31-3/h4-10,14,20,29H,1-3H3. The molecule has 0 saturated carbocycles. The third-order valence-electron chi connectivity index (χ3n) is 6.63. The molecule has 2 aliphatic rings. The van der Waals surface area contributed by atoms with Gasteiger partial charge in [-0.05, 0) is 42.0 Å². The molecular weight excluding hydrogens is 427 g/mol. The van der Waals surface area contributed by atoms with Crippen LogP contribution in [0.3, 0.4) is 0 Å². The third-order valence-corrected chi connectivity index (χ3v) is 6.63. The van der Waals surface area contributed by atoms with Crippen molar-refractivity contribution in [3.63, 3.8) is 0 Å². The molecule has 4 unspecified atom stereocenters. The van der Waals surface area contributed by atoms with E-state index in [-0.39, 0.29) is 0 Å². The van der Waals surface area contributed by atoms with Crippen LogP contribution in [0.15, 0.2) is 42.5 Å². The van der Waals surface area contributed by atoms with E-state index >= 15 is 0 Å². The zero-order valence-corrected chi connectivity index (χ0v) is 18.0. The number of hydrogen-bond acceptors (Lipinski definition) is 8. The van der Waals surface area contributed by atoms with Crippen molar-refractivity contribution < 1.29 is 23.3 Å². The molecule has 2 saturated heterocycles. The number of ether oxygens (including phenoxy) is 4. The molecule has 166 valence electrons. The van der Waals surface area contributed by atoms with Crippen LogP contribution in [0.4, 0.5) is 4.39 Å². The van der Waals surface area contributed by atoms with Crippen LogP contribution < -0.4 is 9.47 Å². The van der Waals surface area contributed by atoms with Crippen molar-refractivity contribution in [3.05, 3.63) is 59.4 Å². The Morgan fingerprint density at radius 2 is 1.61 bits per heavy atom. The van der Waals surface area contributed by atoms with Gasteiger partial charge in [-0.2, -0.15) is 15.8 Å². The fourth-order valence-electron chi connectivity index (χ4n) is 4.87. The van der Waals surface area contributed by atoms with Crippen molar-refractivity contribution in [1.82, 2.24) is 0 Å². The molecule has 0 spiro atoms. The molecule has 2 aromatic rings. The number of nitrogens with one attached hydrogen (secondary N) is 1. The van der Waals surface area contributed by atoms with Gasteiger partial charge in [-0.15, -0.1) is 0 Å². The average Bonchev–Trinajstić information content (AvgIpc) is 3.00. The molecule has 0 aromatic heterocycles. The minimum Gasteiger partial charge on any atom is -0.493 e. The molecule has 0 radical (unpaired) electrons. The first-order chi connectivity index (χ1) is 15.8. The van der Waals surface area contributed by atoms with Crippen LogP contribution in [-0.4, -0.2) is 20.1 Å². The van der Waals surface area contributed by atoms with Gasteiger partial charge in [0, 0.05) is 5.56 Å². The Labute approximate surface area is 189 Å². The maximum absolute atomic E-state index is 13.6. The van der Waals surface area contributed by atoms with Crippen molar-refractivity contribution in [3.8, 4) is 29.7 Å². The van der Waals surface area contributed by atoms with E-state index < -0.39 is 40.4 Å². The summed E-state index contributed by atoms with van der Waals surface area (Å²) in [5, 5.41) is 39.5. The van der Waals surface area contributed by atoms with E-state index in [1.165, 1.54) is 38.5 Å². The van der Waals surface area contributed by atoms with Gasteiger partial charge in [-0.25, -0.2) is 4.39 Å². The fraction of sp³-hybridized carbons (Fsp3) is 0.333. The van der Waals surface area contributed by atoms with Crippen molar-refractivity contribution in [1.29, 1.82) is 21.2 Å². The van der Waals surface area contributed by atoms with Crippen molar-refractivity contribution in [2.24, 2.45) is 16.7 Å². The van der Waals surface area contributed by atoms with E-state index in [0.29, 0.717) is 22.6 Å². The topological polar surface area (TPSA) is 132 Å². The number of nitrogens with zero attached hydrogens (tertiary/aromatic N) is 3. The van der Waals surface area contributed by atoms with Gasteiger partial charge in [0.1, 0.15) is 11.9 Å². The van der Waals surface area contributed by atoms with Crippen molar-refractivity contribution >= 4 is 5.90 Å². The first-order valence-electron chi connectivity index (χ1n) is 9.97. The van der Waals surface area contributed by atoms with Crippen LogP contribution in [0.1, 0.15) is 24.2 Å². The average molecular weight is 446 g/mol. The molecule has 2 aromatic carbocycles. The van der Waals surface area contributed by atoms with Crippen LogP contribution in [-0.2, 0) is 15.3 Å². The highest BCUT2D eigenvalue weighted by Gasteiger charge is 2.79. The second-order valence-corrected chi connectivity index (χ2v) is 7.89. The highest BCUT2D eigenvalue weighted by atomic mass is 19.1. The number of fused-ring (bicyclic) bond motifs is 2. The molecular formula is C24H19FN4O4. The van der Waals surface area contributed by atoms with Gasteiger partial charge in [-0.3, -0.25) is 5.41 Å². The number of methoxy groups -OCH3 is 2. The highest BCUT2D eigenvalue weighted by molar-refractivity contribution is 5.89. The lowest BCUT2D eigenvalue weighted by Crippen LogP contribution is -2.57. The molecule has 2 aliphatic heterocycles. The normalized spacial score (nSPS) is 29.2. The van der Waals surface area contributed by atoms with Gasteiger partial charge in [0.05, 0.1) is 38.3 Å². The fourth-order valence-corrected chi connectivity index (χ4v) is 4.87. The zero-order chi connectivity index (χ0) is 24.0. The molecule has 0 amide bonds. The first-order valence-corrected chi connectivity index (χ1v) is 9.97. The zero-order valence-electron chi connectivity index (χ0n) is 18.0. The van der Waals surface area contributed by atoms with Crippen LogP contribution in [0.2, 0.25) is 0 Å². The molecule has 8 nitrogen and oxygen atoms in total. The van der Waals surface area contributed by atoms with Gasteiger partial charge in [0.2, 0.25) is 17.1 Å². The Bertz CT molecular complexity index is 1250. The lowest BCUT2D eigenvalue weighted by atomic mass is 9.53. The quantitative estimate of drug-likeness (QED) is 0.752. The summed E-state index contributed by atoms with van der Waals surface area (Å²) in [5.41, 5.74) is -3.38. The Morgan fingerprint density at radius 3 is 2.15 bits per heavy atom. The molecule has 4 atom stereocenters. The number of hydrogen-bond donors (Lipinski definition) is 1. The van der Waals surface area contributed by atoms with E-state index in [1.54, 1.807) is 25.1 Å². The molecule has 33 heavy (non-hydrogen) atoms. The van der Waals surface area contributed by atoms with Crippen molar-refractivity contribution in [2.45, 2.75) is 18.8 Å². The Kier molecular flexibility index (Phi) is 5.00. The Hall–Kier alpha value is -4.13.